The second-order valence-corrected chi connectivity index (χ2v) is 2.79. The Balaban J connectivity index is 0.00000112. The van der Waals surface area contributed by atoms with Crippen molar-refractivity contribution >= 4 is 0 Å². The molecule has 1 aliphatic rings. The molecule has 15 heavy (non-hydrogen) atoms. The van der Waals surface area contributed by atoms with Gasteiger partial charge in [0.15, 0.2) is 16.8 Å². The number of ether oxygens (including phenoxy) is 2. The Kier molecular flexibility index (Phi) is 3.29. The lowest BCUT2D eigenvalue weighted by molar-refractivity contribution is -0.570. The van der Waals surface area contributed by atoms with Gasteiger partial charge in [-0.05, 0) is 18.2 Å². The fraction of sp³-hybridized carbons (Fsp3) is 0.250. The first-order valence-electron chi connectivity index (χ1n) is 3.98. The van der Waals surface area contributed by atoms with Crippen LogP contribution in [0.5, 0.6) is 11.5 Å². The molecule has 0 fully saturated rings. The SMILES string of the molecule is [NH4+].[O-]/[N+](Cc1ccc2c(c1)OCO2)=N\O. The van der Waals surface area contributed by atoms with E-state index < -0.39 is 0 Å². The average Bonchev–Trinajstić information content (AvgIpc) is 2.64. The molecule has 82 valence electrons. The van der Waals surface area contributed by atoms with Crippen LogP contribution in [0.2, 0.25) is 0 Å². The lowest BCUT2D eigenvalue weighted by atomic mass is 10.2. The highest BCUT2D eigenvalue weighted by Gasteiger charge is 2.14. The van der Waals surface area contributed by atoms with Crippen molar-refractivity contribution in [1.29, 1.82) is 0 Å². The van der Waals surface area contributed by atoms with Gasteiger partial charge >= 0.3 is 0 Å². The number of nitrogens with zero attached hydrogens (tertiary/aromatic N) is 2. The quantitative estimate of drug-likeness (QED) is 0.442. The molecule has 0 atom stereocenters. The Morgan fingerprint density at radius 1 is 1.40 bits per heavy atom. The number of hydrogen-bond acceptors (Lipinski definition) is 4. The summed E-state index contributed by atoms with van der Waals surface area (Å²) in [5.74, 6) is 1.26. The predicted molar refractivity (Wildman–Crippen MR) is 50.1 cm³/mol. The van der Waals surface area contributed by atoms with E-state index in [4.69, 9.17) is 14.7 Å². The second-order valence-electron chi connectivity index (χ2n) is 2.79. The van der Waals surface area contributed by atoms with Gasteiger partial charge in [0.1, 0.15) is 0 Å². The van der Waals surface area contributed by atoms with Crippen LogP contribution in [0.3, 0.4) is 0 Å². The maximum Gasteiger partial charge on any atom is 0.231 e. The molecule has 1 aromatic rings. The highest BCUT2D eigenvalue weighted by Crippen LogP contribution is 2.32. The van der Waals surface area contributed by atoms with Crippen LogP contribution in [0.15, 0.2) is 23.5 Å². The van der Waals surface area contributed by atoms with E-state index >= 15 is 0 Å². The van der Waals surface area contributed by atoms with Crippen molar-refractivity contribution in [2.75, 3.05) is 6.79 Å². The van der Waals surface area contributed by atoms with Crippen LogP contribution in [-0.2, 0) is 6.54 Å². The van der Waals surface area contributed by atoms with Crippen molar-refractivity contribution in [3.05, 3.63) is 29.0 Å². The molecule has 0 unspecified atom stereocenters. The first-order valence-corrected chi connectivity index (χ1v) is 3.98. The highest BCUT2D eigenvalue weighted by atomic mass is 16.7. The number of hydroxylamine groups is 1. The third kappa shape index (κ3) is 2.26. The van der Waals surface area contributed by atoms with E-state index in [0.29, 0.717) is 17.1 Å². The predicted octanol–water partition coefficient (Wildman–Crippen LogP) is 1.64. The van der Waals surface area contributed by atoms with E-state index in [2.05, 4.69) is 5.28 Å². The van der Waals surface area contributed by atoms with Crippen molar-refractivity contribution < 1.29 is 19.5 Å². The van der Waals surface area contributed by atoms with E-state index in [1.54, 1.807) is 18.2 Å². The lowest BCUT2D eigenvalue weighted by Crippen LogP contribution is -1.99. The summed E-state index contributed by atoms with van der Waals surface area (Å²) in [5, 5.41) is 21.4. The summed E-state index contributed by atoms with van der Waals surface area (Å²) in [4.78, 5) is 0.178. The molecule has 5 N–H and O–H groups in total. The standard InChI is InChI=1S/C8H8N2O4.H3N/c11-9-10(12)4-6-1-2-7-8(3-6)14-5-13-7;/h1-3,11H,4-5H2;1H3/p+1/b10-9-;. The molecule has 0 bridgehead atoms. The molecule has 7 heteroatoms. The Morgan fingerprint density at radius 2 is 2.13 bits per heavy atom. The maximum absolute atomic E-state index is 10.7. The van der Waals surface area contributed by atoms with Gasteiger partial charge in [0.2, 0.25) is 13.3 Å². The van der Waals surface area contributed by atoms with Gasteiger partial charge in [-0.3, -0.25) is 0 Å². The zero-order valence-corrected chi connectivity index (χ0v) is 8.21. The third-order valence-corrected chi connectivity index (χ3v) is 1.85. The minimum absolute atomic E-state index is 0. The van der Waals surface area contributed by atoms with E-state index in [0.717, 1.165) is 0 Å². The largest absolute Gasteiger partial charge is 0.597 e. The van der Waals surface area contributed by atoms with Crippen molar-refractivity contribution in [3.63, 3.8) is 0 Å². The maximum atomic E-state index is 10.7. The Labute approximate surface area is 85.7 Å². The summed E-state index contributed by atoms with van der Waals surface area (Å²) in [6, 6.07) is 5.10. The molecule has 0 aromatic heterocycles. The summed E-state index contributed by atoms with van der Waals surface area (Å²) >= 11 is 0. The van der Waals surface area contributed by atoms with Crippen molar-refractivity contribution in [3.8, 4) is 11.5 Å². The molecule has 1 aliphatic heterocycles. The van der Waals surface area contributed by atoms with Gasteiger partial charge in [-0.15, -0.1) is 0 Å². The van der Waals surface area contributed by atoms with Gasteiger partial charge in [-0.2, -0.15) is 0 Å². The van der Waals surface area contributed by atoms with Crippen LogP contribution in [0.25, 0.3) is 0 Å². The molecule has 1 heterocycles. The number of quaternary nitrogens is 1. The zero-order valence-electron chi connectivity index (χ0n) is 8.21. The minimum Gasteiger partial charge on any atom is -0.597 e. The third-order valence-electron chi connectivity index (χ3n) is 1.85. The van der Waals surface area contributed by atoms with Gasteiger partial charge in [0.25, 0.3) is 0 Å². The smallest absolute Gasteiger partial charge is 0.231 e. The Morgan fingerprint density at radius 3 is 2.87 bits per heavy atom. The van der Waals surface area contributed by atoms with E-state index in [1.165, 1.54) is 0 Å². The molecule has 0 saturated carbocycles. The topological polar surface area (TPSA) is 114 Å². The first-order chi connectivity index (χ1) is 6.79. The van der Waals surface area contributed by atoms with Crippen LogP contribution < -0.4 is 15.6 Å². The molecule has 0 saturated heterocycles. The summed E-state index contributed by atoms with van der Waals surface area (Å²) in [6.07, 6.45) is 0. The minimum atomic E-state index is -0.0207. The van der Waals surface area contributed by atoms with Crippen LogP contribution >= 0.6 is 0 Å². The average molecular weight is 214 g/mol. The molecule has 0 amide bonds. The molecule has 1 aromatic carbocycles. The summed E-state index contributed by atoms with van der Waals surface area (Å²) in [5.41, 5.74) is 0.696. The van der Waals surface area contributed by atoms with Crippen molar-refractivity contribution in [1.82, 2.24) is 6.15 Å². The molecule has 0 aliphatic carbocycles. The Bertz CT molecular complexity index is 380. The van der Waals surface area contributed by atoms with Gasteiger partial charge in [-0.1, -0.05) is 4.86 Å². The summed E-state index contributed by atoms with van der Waals surface area (Å²) in [6.45, 7) is 0.178. The van der Waals surface area contributed by atoms with Crippen LogP contribution in [0.1, 0.15) is 5.56 Å². The summed E-state index contributed by atoms with van der Waals surface area (Å²) in [7, 11) is 0. The molecule has 0 spiro atoms. The fourth-order valence-corrected chi connectivity index (χ4v) is 1.23. The number of benzene rings is 1. The van der Waals surface area contributed by atoms with Crippen LogP contribution in [0, 0.1) is 5.21 Å². The van der Waals surface area contributed by atoms with Gasteiger partial charge in [0, 0.05) is 5.56 Å². The molecule has 0 radical (unpaired) electrons. The van der Waals surface area contributed by atoms with E-state index in [-0.39, 0.29) is 24.3 Å². The fourth-order valence-electron chi connectivity index (χ4n) is 1.23. The molecule has 2 rings (SSSR count). The van der Waals surface area contributed by atoms with Crippen LogP contribution in [-0.4, -0.2) is 16.9 Å². The van der Waals surface area contributed by atoms with Crippen molar-refractivity contribution in [2.24, 2.45) is 5.28 Å². The number of fused-ring (bicyclic) bond motifs is 1. The molecular weight excluding hydrogens is 202 g/mol. The van der Waals surface area contributed by atoms with E-state index in [1.807, 2.05) is 0 Å². The van der Waals surface area contributed by atoms with Gasteiger partial charge in [-0.25, -0.2) is 0 Å². The Hall–Kier alpha value is -2.02. The summed E-state index contributed by atoms with van der Waals surface area (Å²) < 4.78 is 10.2. The zero-order chi connectivity index (χ0) is 9.97. The van der Waals surface area contributed by atoms with E-state index in [9.17, 15) is 5.21 Å². The highest BCUT2D eigenvalue weighted by molar-refractivity contribution is 5.44. The van der Waals surface area contributed by atoms with Crippen LogP contribution in [0.4, 0.5) is 0 Å². The monoisotopic (exact) mass is 214 g/mol. The van der Waals surface area contributed by atoms with Gasteiger partial charge < -0.3 is 26.0 Å². The number of hydrogen-bond donors (Lipinski definition) is 2. The normalized spacial score (nSPS) is 13.5. The van der Waals surface area contributed by atoms with Crippen molar-refractivity contribution in [2.45, 2.75) is 6.54 Å². The molecule has 7 nitrogen and oxygen atoms in total. The second kappa shape index (κ2) is 4.47. The van der Waals surface area contributed by atoms with Gasteiger partial charge in [0.05, 0.1) is 0 Å². The number of rotatable bonds is 2. The lowest BCUT2D eigenvalue weighted by Gasteiger charge is -2.00. The first kappa shape index (κ1) is 11.1. The molecular formula is C8H12N3O4+.